The van der Waals surface area contributed by atoms with Crippen LogP contribution in [0, 0.1) is 5.82 Å². The van der Waals surface area contributed by atoms with Crippen molar-refractivity contribution in [2.45, 2.75) is 4.90 Å². The van der Waals surface area contributed by atoms with Gasteiger partial charge in [0.25, 0.3) is 15.9 Å². The van der Waals surface area contributed by atoms with Gasteiger partial charge in [-0.05, 0) is 48.5 Å². The van der Waals surface area contributed by atoms with E-state index in [4.69, 9.17) is 23.2 Å². The molecule has 0 bridgehead atoms. The van der Waals surface area contributed by atoms with E-state index in [1.54, 1.807) is 0 Å². The Balaban J connectivity index is 1.75. The van der Waals surface area contributed by atoms with E-state index in [-0.39, 0.29) is 32.1 Å². The third-order valence-electron chi connectivity index (χ3n) is 3.48. The van der Waals surface area contributed by atoms with E-state index < -0.39 is 21.7 Å². The van der Waals surface area contributed by atoms with Crippen molar-refractivity contribution in [2.24, 2.45) is 0 Å². The monoisotopic (exact) mass is 440 g/mol. The molecule has 0 atom stereocenters. The molecular formula is C17H11Cl2FN4O3S. The van der Waals surface area contributed by atoms with E-state index >= 15 is 0 Å². The molecule has 7 nitrogen and oxygen atoms in total. The number of benzene rings is 2. The minimum absolute atomic E-state index is 0.00373. The van der Waals surface area contributed by atoms with Gasteiger partial charge in [-0.3, -0.25) is 9.52 Å². The molecule has 0 saturated heterocycles. The first-order valence-corrected chi connectivity index (χ1v) is 9.88. The van der Waals surface area contributed by atoms with Crippen LogP contribution in [-0.4, -0.2) is 24.5 Å². The second-order valence-corrected chi connectivity index (χ2v) is 7.90. The maximum atomic E-state index is 13.8. The Labute approximate surface area is 169 Å². The summed E-state index contributed by atoms with van der Waals surface area (Å²) in [5, 5.41) is 9.71. The number of nitrogens with zero attached hydrogens (tertiary/aromatic N) is 2. The van der Waals surface area contributed by atoms with Crippen LogP contribution in [0.25, 0.3) is 0 Å². The molecule has 1 amide bonds. The lowest BCUT2D eigenvalue weighted by Crippen LogP contribution is -2.16. The topological polar surface area (TPSA) is 101 Å². The summed E-state index contributed by atoms with van der Waals surface area (Å²) in [6.07, 6.45) is 0. The number of anilines is 2. The molecule has 0 aliphatic carbocycles. The number of hydrogen-bond donors (Lipinski definition) is 2. The highest BCUT2D eigenvalue weighted by Crippen LogP contribution is 2.22. The van der Waals surface area contributed by atoms with Crippen LogP contribution in [0.1, 0.15) is 10.4 Å². The fourth-order valence-corrected chi connectivity index (χ4v) is 3.54. The summed E-state index contributed by atoms with van der Waals surface area (Å²) >= 11 is 11.5. The van der Waals surface area contributed by atoms with Gasteiger partial charge in [0.2, 0.25) is 0 Å². The number of carbonyl (C=O) groups is 1. The first-order chi connectivity index (χ1) is 13.3. The zero-order chi connectivity index (χ0) is 20.3. The summed E-state index contributed by atoms with van der Waals surface area (Å²) in [6, 6.07) is 11.9. The quantitative estimate of drug-likeness (QED) is 0.624. The second kappa shape index (κ2) is 8.09. The van der Waals surface area contributed by atoms with Crippen LogP contribution in [0.2, 0.25) is 10.2 Å². The normalized spacial score (nSPS) is 11.1. The third-order valence-corrected chi connectivity index (χ3v) is 5.37. The van der Waals surface area contributed by atoms with E-state index in [1.807, 2.05) is 0 Å². The summed E-state index contributed by atoms with van der Waals surface area (Å²) in [4.78, 5) is 12.1. The molecule has 0 fully saturated rings. The van der Waals surface area contributed by atoms with Crippen LogP contribution >= 0.6 is 23.2 Å². The maximum Gasteiger partial charge on any atom is 0.263 e. The van der Waals surface area contributed by atoms with Crippen molar-refractivity contribution in [3.05, 3.63) is 76.2 Å². The smallest absolute Gasteiger partial charge is 0.263 e. The predicted octanol–water partition coefficient (Wildman–Crippen LogP) is 3.98. The van der Waals surface area contributed by atoms with E-state index in [2.05, 4.69) is 20.2 Å². The molecule has 3 aromatic rings. The lowest BCUT2D eigenvalue weighted by molar-refractivity contribution is 0.102. The molecule has 11 heteroatoms. The lowest BCUT2D eigenvalue weighted by atomic mass is 10.2. The van der Waals surface area contributed by atoms with Gasteiger partial charge in [0.15, 0.2) is 11.0 Å². The van der Waals surface area contributed by atoms with Crippen molar-refractivity contribution in [3.63, 3.8) is 0 Å². The highest BCUT2D eigenvalue weighted by molar-refractivity contribution is 7.92. The zero-order valence-electron chi connectivity index (χ0n) is 13.9. The van der Waals surface area contributed by atoms with E-state index in [0.29, 0.717) is 0 Å². The van der Waals surface area contributed by atoms with Gasteiger partial charge in [-0.15, -0.1) is 10.2 Å². The first kappa shape index (κ1) is 20.0. The average molecular weight is 441 g/mol. The number of hydrogen-bond acceptors (Lipinski definition) is 5. The molecule has 2 aromatic carbocycles. The molecule has 0 radical (unpaired) electrons. The second-order valence-electron chi connectivity index (χ2n) is 5.42. The van der Waals surface area contributed by atoms with E-state index in [0.717, 1.165) is 6.07 Å². The van der Waals surface area contributed by atoms with Gasteiger partial charge in [0, 0.05) is 5.69 Å². The standard InChI is InChI=1S/C17H11Cl2FN4O3S/c18-12-2-1-3-13(20)16(12)17(25)21-10-4-6-11(7-5-10)28(26,27)24-15-9-8-14(19)22-23-15/h1-9H,(H,21,25)(H,23,24). The number of aromatic nitrogens is 2. The maximum absolute atomic E-state index is 13.8. The largest absolute Gasteiger partial charge is 0.322 e. The van der Waals surface area contributed by atoms with Crippen molar-refractivity contribution < 1.29 is 17.6 Å². The number of nitrogens with one attached hydrogen (secondary N) is 2. The minimum atomic E-state index is -3.93. The average Bonchev–Trinajstić information content (AvgIpc) is 2.64. The molecule has 3 rings (SSSR count). The van der Waals surface area contributed by atoms with E-state index in [1.165, 1.54) is 48.5 Å². The molecule has 1 heterocycles. The molecule has 144 valence electrons. The van der Waals surface area contributed by atoms with Crippen LogP contribution in [0.3, 0.4) is 0 Å². The van der Waals surface area contributed by atoms with Gasteiger partial charge in [-0.25, -0.2) is 12.8 Å². The van der Waals surface area contributed by atoms with Crippen LogP contribution < -0.4 is 10.0 Å². The number of rotatable bonds is 5. The van der Waals surface area contributed by atoms with Crippen molar-refractivity contribution in [1.82, 2.24) is 10.2 Å². The van der Waals surface area contributed by atoms with Gasteiger partial charge in [-0.1, -0.05) is 29.3 Å². The molecule has 0 aliphatic rings. The van der Waals surface area contributed by atoms with Gasteiger partial charge >= 0.3 is 0 Å². The molecule has 2 N–H and O–H groups in total. The SMILES string of the molecule is O=C(Nc1ccc(S(=O)(=O)Nc2ccc(Cl)nn2)cc1)c1c(F)cccc1Cl. The van der Waals surface area contributed by atoms with Crippen molar-refractivity contribution >= 4 is 50.6 Å². The highest BCUT2D eigenvalue weighted by Gasteiger charge is 2.18. The Hall–Kier alpha value is -2.75. The number of amides is 1. The number of sulfonamides is 1. The van der Waals surface area contributed by atoms with Crippen LogP contribution in [0.15, 0.2) is 59.5 Å². The molecule has 0 spiro atoms. The highest BCUT2D eigenvalue weighted by atomic mass is 35.5. The van der Waals surface area contributed by atoms with Gasteiger partial charge in [-0.2, -0.15) is 0 Å². The van der Waals surface area contributed by atoms with Crippen molar-refractivity contribution in [2.75, 3.05) is 10.0 Å². The number of halogens is 3. The minimum Gasteiger partial charge on any atom is -0.322 e. The summed E-state index contributed by atoms with van der Waals surface area (Å²) in [5.74, 6) is -1.53. The van der Waals surface area contributed by atoms with E-state index in [9.17, 15) is 17.6 Å². The zero-order valence-corrected chi connectivity index (χ0v) is 16.2. The molecule has 0 unspecified atom stereocenters. The molecule has 0 saturated carbocycles. The summed E-state index contributed by atoms with van der Waals surface area (Å²) in [6.45, 7) is 0. The Bertz CT molecular complexity index is 1100. The first-order valence-electron chi connectivity index (χ1n) is 7.64. The summed E-state index contributed by atoms with van der Waals surface area (Å²) in [7, 11) is -3.93. The van der Waals surface area contributed by atoms with Crippen molar-refractivity contribution in [3.8, 4) is 0 Å². The molecule has 1 aromatic heterocycles. The predicted molar refractivity (Wildman–Crippen MR) is 104 cm³/mol. The van der Waals surface area contributed by atoms with Gasteiger partial charge in [0.05, 0.1) is 15.5 Å². The number of carbonyl (C=O) groups excluding carboxylic acids is 1. The molecular weight excluding hydrogens is 430 g/mol. The fraction of sp³-hybridized carbons (Fsp3) is 0. The Morgan fingerprint density at radius 1 is 0.964 bits per heavy atom. The third kappa shape index (κ3) is 4.56. The molecule has 28 heavy (non-hydrogen) atoms. The van der Waals surface area contributed by atoms with Gasteiger partial charge in [0.1, 0.15) is 5.82 Å². The van der Waals surface area contributed by atoms with Gasteiger partial charge < -0.3 is 5.32 Å². The van der Waals surface area contributed by atoms with Crippen LogP contribution in [0.4, 0.5) is 15.9 Å². The lowest BCUT2D eigenvalue weighted by Gasteiger charge is -2.10. The molecule has 0 aliphatic heterocycles. The van der Waals surface area contributed by atoms with Crippen LogP contribution in [-0.2, 0) is 10.0 Å². The Morgan fingerprint density at radius 3 is 2.29 bits per heavy atom. The summed E-state index contributed by atoms with van der Waals surface area (Å²) in [5.41, 5.74) is -0.0431. The Kier molecular flexibility index (Phi) is 5.78. The fourth-order valence-electron chi connectivity index (χ4n) is 2.19. The van der Waals surface area contributed by atoms with Crippen molar-refractivity contribution in [1.29, 1.82) is 0 Å². The Morgan fingerprint density at radius 2 is 1.68 bits per heavy atom. The van der Waals surface area contributed by atoms with Crippen LogP contribution in [0.5, 0.6) is 0 Å². The summed E-state index contributed by atoms with van der Waals surface area (Å²) < 4.78 is 40.8.